The second kappa shape index (κ2) is 8.01. The van der Waals surface area contributed by atoms with Crippen LogP contribution in [-0.4, -0.2) is 26.2 Å². The highest BCUT2D eigenvalue weighted by molar-refractivity contribution is 9.10. The number of amides is 1. The summed E-state index contributed by atoms with van der Waals surface area (Å²) in [5, 5.41) is 2.69. The van der Waals surface area contributed by atoms with Gasteiger partial charge in [-0.1, -0.05) is 15.9 Å². The number of hydrogen-bond acceptors (Lipinski definition) is 4. The molecular weight excluding hydrogens is 381 g/mol. The van der Waals surface area contributed by atoms with E-state index in [1.807, 2.05) is 0 Å². The predicted octanol–water partition coefficient (Wildman–Crippen LogP) is 4.01. The SMILES string of the molecule is COc1ccc(NC(=O)C(C)Oc2ccc(Br)cc2F)cc1OC. The Labute approximate surface area is 147 Å². The van der Waals surface area contributed by atoms with Crippen LogP contribution in [0.1, 0.15) is 6.92 Å². The molecule has 128 valence electrons. The van der Waals surface area contributed by atoms with Crippen molar-refractivity contribution in [1.82, 2.24) is 0 Å². The summed E-state index contributed by atoms with van der Waals surface area (Å²) in [5.74, 6) is 0.0902. The number of carbonyl (C=O) groups is 1. The van der Waals surface area contributed by atoms with Crippen molar-refractivity contribution in [1.29, 1.82) is 0 Å². The quantitative estimate of drug-likeness (QED) is 0.799. The highest BCUT2D eigenvalue weighted by Gasteiger charge is 2.17. The molecule has 0 bridgehead atoms. The van der Waals surface area contributed by atoms with Crippen LogP contribution in [0.5, 0.6) is 17.2 Å². The molecule has 2 aromatic rings. The van der Waals surface area contributed by atoms with Gasteiger partial charge in [-0.15, -0.1) is 0 Å². The first kappa shape index (κ1) is 18.1. The van der Waals surface area contributed by atoms with Crippen LogP contribution < -0.4 is 19.5 Å². The van der Waals surface area contributed by atoms with Crippen LogP contribution in [-0.2, 0) is 4.79 Å². The summed E-state index contributed by atoms with van der Waals surface area (Å²) in [6, 6.07) is 9.34. The van der Waals surface area contributed by atoms with E-state index < -0.39 is 17.8 Å². The monoisotopic (exact) mass is 397 g/mol. The molecule has 1 unspecified atom stereocenters. The summed E-state index contributed by atoms with van der Waals surface area (Å²) in [4.78, 5) is 12.2. The third kappa shape index (κ3) is 4.38. The van der Waals surface area contributed by atoms with Gasteiger partial charge in [0.05, 0.1) is 14.2 Å². The summed E-state index contributed by atoms with van der Waals surface area (Å²) >= 11 is 3.16. The van der Waals surface area contributed by atoms with Gasteiger partial charge in [-0.05, 0) is 37.3 Å². The molecule has 0 aliphatic heterocycles. The number of rotatable bonds is 6. The van der Waals surface area contributed by atoms with E-state index in [9.17, 15) is 9.18 Å². The van der Waals surface area contributed by atoms with Crippen molar-refractivity contribution in [2.45, 2.75) is 13.0 Å². The van der Waals surface area contributed by atoms with Gasteiger partial charge in [-0.25, -0.2) is 4.39 Å². The number of ether oxygens (including phenoxy) is 3. The molecule has 1 atom stereocenters. The largest absolute Gasteiger partial charge is 0.493 e. The summed E-state index contributed by atoms with van der Waals surface area (Å²) < 4.78 is 30.0. The van der Waals surface area contributed by atoms with Crippen molar-refractivity contribution in [2.75, 3.05) is 19.5 Å². The van der Waals surface area contributed by atoms with Crippen molar-refractivity contribution < 1.29 is 23.4 Å². The van der Waals surface area contributed by atoms with Crippen LogP contribution in [0.3, 0.4) is 0 Å². The number of anilines is 1. The maximum Gasteiger partial charge on any atom is 0.265 e. The molecule has 1 N–H and O–H groups in total. The third-order valence-corrected chi connectivity index (χ3v) is 3.71. The topological polar surface area (TPSA) is 56.8 Å². The average molecular weight is 398 g/mol. The lowest BCUT2D eigenvalue weighted by Gasteiger charge is -2.16. The maximum atomic E-state index is 13.8. The van der Waals surface area contributed by atoms with E-state index in [0.29, 0.717) is 21.7 Å². The van der Waals surface area contributed by atoms with Crippen molar-refractivity contribution in [3.63, 3.8) is 0 Å². The number of methoxy groups -OCH3 is 2. The molecule has 0 heterocycles. The lowest BCUT2D eigenvalue weighted by molar-refractivity contribution is -0.122. The van der Waals surface area contributed by atoms with Gasteiger partial charge < -0.3 is 19.5 Å². The standard InChI is InChI=1S/C17H17BrFNO4/c1-10(24-14-6-4-11(18)8-13(14)19)17(21)20-12-5-7-15(22-2)16(9-12)23-3/h4-10H,1-3H3,(H,20,21). The summed E-state index contributed by atoms with van der Waals surface area (Å²) in [6.07, 6.45) is -0.881. The Morgan fingerprint density at radius 1 is 1.08 bits per heavy atom. The highest BCUT2D eigenvalue weighted by atomic mass is 79.9. The average Bonchev–Trinajstić information content (AvgIpc) is 2.57. The molecule has 1 amide bonds. The van der Waals surface area contributed by atoms with Crippen LogP contribution in [0.4, 0.5) is 10.1 Å². The highest BCUT2D eigenvalue weighted by Crippen LogP contribution is 2.30. The number of carbonyl (C=O) groups excluding carboxylic acids is 1. The molecular formula is C17H17BrFNO4. The first-order valence-electron chi connectivity index (χ1n) is 7.09. The molecule has 0 aliphatic rings. The molecule has 0 aromatic heterocycles. The van der Waals surface area contributed by atoms with Gasteiger partial charge >= 0.3 is 0 Å². The van der Waals surface area contributed by atoms with E-state index in [0.717, 1.165) is 0 Å². The molecule has 2 aromatic carbocycles. The Morgan fingerprint density at radius 3 is 2.38 bits per heavy atom. The fraction of sp³-hybridized carbons (Fsp3) is 0.235. The van der Waals surface area contributed by atoms with Crippen LogP contribution >= 0.6 is 15.9 Å². The van der Waals surface area contributed by atoms with Gasteiger partial charge in [-0.3, -0.25) is 4.79 Å². The van der Waals surface area contributed by atoms with E-state index >= 15 is 0 Å². The zero-order chi connectivity index (χ0) is 17.7. The second-order valence-corrected chi connectivity index (χ2v) is 5.81. The van der Waals surface area contributed by atoms with Crippen LogP contribution in [0.15, 0.2) is 40.9 Å². The van der Waals surface area contributed by atoms with Crippen molar-refractivity contribution >= 4 is 27.5 Å². The minimum atomic E-state index is -0.881. The molecule has 0 aliphatic carbocycles. The molecule has 0 saturated heterocycles. The van der Waals surface area contributed by atoms with Gasteiger partial charge in [0.15, 0.2) is 29.2 Å². The van der Waals surface area contributed by atoms with Crippen LogP contribution in [0, 0.1) is 5.82 Å². The van der Waals surface area contributed by atoms with E-state index in [-0.39, 0.29) is 5.75 Å². The minimum absolute atomic E-state index is 0.00756. The lowest BCUT2D eigenvalue weighted by Crippen LogP contribution is -2.30. The number of hydrogen-bond donors (Lipinski definition) is 1. The summed E-state index contributed by atoms with van der Waals surface area (Å²) in [7, 11) is 3.03. The lowest BCUT2D eigenvalue weighted by atomic mass is 10.2. The van der Waals surface area contributed by atoms with Gasteiger partial charge in [0.2, 0.25) is 0 Å². The van der Waals surface area contributed by atoms with Crippen LogP contribution in [0.25, 0.3) is 0 Å². The van der Waals surface area contributed by atoms with Crippen LogP contribution in [0.2, 0.25) is 0 Å². The van der Waals surface area contributed by atoms with Gasteiger partial charge in [-0.2, -0.15) is 0 Å². The fourth-order valence-electron chi connectivity index (χ4n) is 1.97. The van der Waals surface area contributed by atoms with Crippen molar-refractivity contribution in [2.24, 2.45) is 0 Å². The second-order valence-electron chi connectivity index (χ2n) is 4.89. The van der Waals surface area contributed by atoms with E-state index in [1.54, 1.807) is 24.3 Å². The molecule has 7 heteroatoms. The minimum Gasteiger partial charge on any atom is -0.493 e. The van der Waals surface area contributed by atoms with Gasteiger partial charge in [0, 0.05) is 16.2 Å². The normalized spacial score (nSPS) is 11.5. The zero-order valence-electron chi connectivity index (χ0n) is 13.4. The summed E-state index contributed by atoms with van der Waals surface area (Å²) in [5.41, 5.74) is 0.518. The Bertz CT molecular complexity index is 739. The zero-order valence-corrected chi connectivity index (χ0v) is 15.0. The Morgan fingerprint density at radius 2 is 1.75 bits per heavy atom. The Balaban J connectivity index is 2.06. The molecule has 2 rings (SSSR count). The van der Waals surface area contributed by atoms with Gasteiger partial charge in [0.25, 0.3) is 5.91 Å². The molecule has 0 spiro atoms. The first-order chi connectivity index (χ1) is 11.4. The van der Waals surface area contributed by atoms with Gasteiger partial charge in [0.1, 0.15) is 0 Å². The van der Waals surface area contributed by atoms with E-state index in [2.05, 4.69) is 21.2 Å². The molecule has 24 heavy (non-hydrogen) atoms. The van der Waals surface area contributed by atoms with E-state index in [4.69, 9.17) is 14.2 Å². The fourth-order valence-corrected chi connectivity index (χ4v) is 2.31. The van der Waals surface area contributed by atoms with Crippen molar-refractivity contribution in [3.8, 4) is 17.2 Å². The number of benzene rings is 2. The molecule has 0 radical (unpaired) electrons. The molecule has 0 saturated carbocycles. The smallest absolute Gasteiger partial charge is 0.265 e. The number of halogens is 2. The molecule has 0 fully saturated rings. The Kier molecular flexibility index (Phi) is 6.03. The van der Waals surface area contributed by atoms with Crippen molar-refractivity contribution in [3.05, 3.63) is 46.7 Å². The third-order valence-electron chi connectivity index (χ3n) is 3.22. The molecule has 5 nitrogen and oxygen atoms in total. The first-order valence-corrected chi connectivity index (χ1v) is 7.88. The maximum absolute atomic E-state index is 13.8. The number of nitrogens with one attached hydrogen (secondary N) is 1. The van der Waals surface area contributed by atoms with E-state index in [1.165, 1.54) is 33.3 Å². The Hall–Kier alpha value is -2.28. The summed E-state index contributed by atoms with van der Waals surface area (Å²) in [6.45, 7) is 1.54. The predicted molar refractivity (Wildman–Crippen MR) is 92.4 cm³/mol.